The first-order valence-electron chi connectivity index (χ1n) is 10.8. The predicted molar refractivity (Wildman–Crippen MR) is 124 cm³/mol. The number of fused-ring (bicyclic) bond motifs is 1. The fourth-order valence-electron chi connectivity index (χ4n) is 3.92. The highest BCUT2D eigenvalue weighted by molar-refractivity contribution is 6.02. The second kappa shape index (κ2) is 9.09. The minimum absolute atomic E-state index is 0.267. The Morgan fingerprint density at radius 2 is 1.74 bits per heavy atom. The number of carbonyl (C=O) groups excluding carboxylic acids is 1. The molecule has 35 heavy (non-hydrogen) atoms. The molecule has 0 aliphatic rings. The number of pyridine rings is 2. The van der Waals surface area contributed by atoms with Gasteiger partial charge in [0.15, 0.2) is 6.39 Å². The molecule has 5 rings (SSSR count). The van der Waals surface area contributed by atoms with Crippen molar-refractivity contribution >= 4 is 11.4 Å². The van der Waals surface area contributed by atoms with Gasteiger partial charge < -0.3 is 14.1 Å². The molecule has 0 spiro atoms. The van der Waals surface area contributed by atoms with Gasteiger partial charge in [-0.2, -0.15) is 13.2 Å². The summed E-state index contributed by atoms with van der Waals surface area (Å²) in [6.07, 6.45) is 4.15. The number of aromatic nitrogens is 3. The van der Waals surface area contributed by atoms with E-state index in [9.17, 15) is 18.0 Å². The molecule has 1 amide bonds. The van der Waals surface area contributed by atoms with Gasteiger partial charge in [0, 0.05) is 30.7 Å². The first-order chi connectivity index (χ1) is 16.9. The SMILES string of the molecule is O=C(NCCc1ccncc1)c1cc2ccc(-c3ccc(C(F)(F)F)cc3)cn2c1-c1cocn1. The van der Waals surface area contributed by atoms with Crippen LogP contribution in [0.5, 0.6) is 0 Å². The van der Waals surface area contributed by atoms with E-state index in [1.54, 1.807) is 35.1 Å². The fraction of sp³-hybridized carbons (Fsp3) is 0.115. The van der Waals surface area contributed by atoms with Gasteiger partial charge in [-0.15, -0.1) is 0 Å². The number of carbonyl (C=O) groups is 1. The first-order valence-corrected chi connectivity index (χ1v) is 10.8. The van der Waals surface area contributed by atoms with Crippen LogP contribution in [0.2, 0.25) is 0 Å². The predicted octanol–water partition coefficient (Wildman–Crippen LogP) is 5.65. The molecule has 0 fully saturated rings. The Morgan fingerprint density at radius 3 is 2.43 bits per heavy atom. The molecule has 0 saturated heterocycles. The molecule has 0 atom stereocenters. The van der Waals surface area contributed by atoms with Crippen molar-refractivity contribution in [1.29, 1.82) is 0 Å². The van der Waals surface area contributed by atoms with E-state index in [0.29, 0.717) is 41.0 Å². The molecule has 0 saturated carbocycles. The molecule has 0 aliphatic heterocycles. The van der Waals surface area contributed by atoms with Crippen LogP contribution in [0, 0.1) is 0 Å². The van der Waals surface area contributed by atoms with Crippen molar-refractivity contribution in [2.75, 3.05) is 6.54 Å². The largest absolute Gasteiger partial charge is 0.451 e. The summed E-state index contributed by atoms with van der Waals surface area (Å²) < 4.78 is 45.8. The number of oxazole rings is 1. The lowest BCUT2D eigenvalue weighted by Gasteiger charge is -2.09. The lowest BCUT2D eigenvalue weighted by molar-refractivity contribution is -0.137. The van der Waals surface area contributed by atoms with Crippen molar-refractivity contribution in [1.82, 2.24) is 19.7 Å². The molecule has 9 heteroatoms. The van der Waals surface area contributed by atoms with Gasteiger partial charge in [0.25, 0.3) is 5.91 Å². The van der Waals surface area contributed by atoms with E-state index in [0.717, 1.165) is 23.2 Å². The minimum Gasteiger partial charge on any atom is -0.451 e. The molecule has 0 unspecified atom stereocenters. The van der Waals surface area contributed by atoms with E-state index >= 15 is 0 Å². The standard InChI is InChI=1S/C26H19F3N4O2/c27-26(28,29)20-4-1-18(2-5-20)19-3-6-21-13-22(24(33(21)14-19)23-15-35-16-32-23)25(34)31-12-9-17-7-10-30-11-8-17/h1-8,10-11,13-16H,9,12H2,(H,31,34). The number of alkyl halides is 3. The lowest BCUT2D eigenvalue weighted by Crippen LogP contribution is -2.26. The highest BCUT2D eigenvalue weighted by atomic mass is 19.4. The van der Waals surface area contributed by atoms with Gasteiger partial charge in [-0.05, 0) is 59.5 Å². The van der Waals surface area contributed by atoms with Crippen LogP contribution in [0.25, 0.3) is 28.0 Å². The third kappa shape index (κ3) is 4.65. The second-order valence-corrected chi connectivity index (χ2v) is 7.93. The molecule has 4 heterocycles. The monoisotopic (exact) mass is 476 g/mol. The van der Waals surface area contributed by atoms with E-state index in [1.807, 2.05) is 18.2 Å². The molecule has 6 nitrogen and oxygen atoms in total. The smallest absolute Gasteiger partial charge is 0.416 e. The van der Waals surface area contributed by atoms with Crippen molar-refractivity contribution in [2.24, 2.45) is 0 Å². The average Bonchev–Trinajstić information content (AvgIpc) is 3.51. The van der Waals surface area contributed by atoms with Crippen molar-refractivity contribution < 1.29 is 22.4 Å². The minimum atomic E-state index is -4.40. The number of benzene rings is 1. The zero-order valence-corrected chi connectivity index (χ0v) is 18.3. The molecule has 1 aromatic carbocycles. The van der Waals surface area contributed by atoms with Gasteiger partial charge >= 0.3 is 6.18 Å². The van der Waals surface area contributed by atoms with Crippen molar-refractivity contribution in [3.05, 3.63) is 103 Å². The van der Waals surface area contributed by atoms with Gasteiger partial charge in [0.05, 0.1) is 16.8 Å². The molecule has 1 N–H and O–H groups in total. The highest BCUT2D eigenvalue weighted by Gasteiger charge is 2.30. The van der Waals surface area contributed by atoms with Gasteiger partial charge in [-0.3, -0.25) is 9.78 Å². The second-order valence-electron chi connectivity index (χ2n) is 7.93. The molecule has 176 valence electrons. The molecule has 0 bridgehead atoms. The summed E-state index contributed by atoms with van der Waals surface area (Å²) in [4.78, 5) is 21.3. The van der Waals surface area contributed by atoms with E-state index < -0.39 is 11.7 Å². The summed E-state index contributed by atoms with van der Waals surface area (Å²) in [5.74, 6) is -0.267. The number of hydrogen-bond acceptors (Lipinski definition) is 4. The Kier molecular flexibility index (Phi) is 5.82. The Hall–Kier alpha value is -4.40. The first kappa shape index (κ1) is 22.4. The number of hydrogen-bond donors (Lipinski definition) is 1. The van der Waals surface area contributed by atoms with Crippen molar-refractivity contribution in [3.63, 3.8) is 0 Å². The summed E-state index contributed by atoms with van der Waals surface area (Å²) in [6, 6.07) is 14.1. The molecular formula is C26H19F3N4O2. The Balaban J connectivity index is 1.48. The maximum absolute atomic E-state index is 13.1. The van der Waals surface area contributed by atoms with Crippen LogP contribution in [-0.2, 0) is 12.6 Å². The maximum Gasteiger partial charge on any atom is 0.416 e. The van der Waals surface area contributed by atoms with Gasteiger partial charge in [-0.25, -0.2) is 4.98 Å². The van der Waals surface area contributed by atoms with Gasteiger partial charge in [0.2, 0.25) is 0 Å². The summed E-state index contributed by atoms with van der Waals surface area (Å²) >= 11 is 0. The number of nitrogens with one attached hydrogen (secondary N) is 1. The van der Waals surface area contributed by atoms with E-state index in [2.05, 4.69) is 15.3 Å². The van der Waals surface area contributed by atoms with Crippen molar-refractivity contribution in [2.45, 2.75) is 12.6 Å². The van der Waals surface area contributed by atoms with Crippen LogP contribution in [-0.4, -0.2) is 26.8 Å². The molecule has 0 radical (unpaired) electrons. The van der Waals surface area contributed by atoms with Gasteiger partial charge in [-0.1, -0.05) is 18.2 Å². The molecular weight excluding hydrogens is 457 g/mol. The van der Waals surface area contributed by atoms with E-state index in [-0.39, 0.29) is 5.91 Å². The van der Waals surface area contributed by atoms with Crippen LogP contribution in [0.1, 0.15) is 21.5 Å². The quantitative estimate of drug-likeness (QED) is 0.344. The molecule has 5 aromatic rings. The third-order valence-corrected chi connectivity index (χ3v) is 5.68. The topological polar surface area (TPSA) is 72.4 Å². The highest BCUT2D eigenvalue weighted by Crippen LogP contribution is 2.32. The van der Waals surface area contributed by atoms with Crippen LogP contribution in [0.4, 0.5) is 13.2 Å². The number of nitrogens with zero attached hydrogens (tertiary/aromatic N) is 3. The third-order valence-electron chi connectivity index (χ3n) is 5.68. The lowest BCUT2D eigenvalue weighted by atomic mass is 10.1. The zero-order chi connectivity index (χ0) is 24.4. The summed E-state index contributed by atoms with van der Waals surface area (Å²) in [7, 11) is 0. The Bertz CT molecular complexity index is 1460. The van der Waals surface area contributed by atoms with E-state index in [4.69, 9.17) is 4.42 Å². The maximum atomic E-state index is 13.1. The van der Waals surface area contributed by atoms with Crippen LogP contribution < -0.4 is 5.32 Å². The number of rotatable bonds is 6. The normalized spacial score (nSPS) is 11.6. The fourth-order valence-corrected chi connectivity index (χ4v) is 3.92. The molecule has 4 aromatic heterocycles. The van der Waals surface area contributed by atoms with Crippen LogP contribution in [0.3, 0.4) is 0 Å². The summed E-state index contributed by atoms with van der Waals surface area (Å²) in [5.41, 5.74) is 3.80. The summed E-state index contributed by atoms with van der Waals surface area (Å²) in [6.45, 7) is 0.435. The number of halogens is 3. The van der Waals surface area contributed by atoms with Crippen LogP contribution >= 0.6 is 0 Å². The van der Waals surface area contributed by atoms with Crippen LogP contribution in [0.15, 0.2) is 90.3 Å². The molecule has 0 aliphatic carbocycles. The average molecular weight is 476 g/mol. The number of amides is 1. The Morgan fingerprint density at radius 1 is 1.00 bits per heavy atom. The van der Waals surface area contributed by atoms with Crippen molar-refractivity contribution in [3.8, 4) is 22.5 Å². The summed E-state index contributed by atoms with van der Waals surface area (Å²) in [5, 5.41) is 2.94. The van der Waals surface area contributed by atoms with E-state index in [1.165, 1.54) is 24.8 Å². The zero-order valence-electron chi connectivity index (χ0n) is 18.3. The Labute approximate surface area is 198 Å². The van der Waals surface area contributed by atoms with Gasteiger partial charge in [0.1, 0.15) is 12.0 Å².